The fourth-order valence-corrected chi connectivity index (χ4v) is 1.02. The highest BCUT2D eigenvalue weighted by atomic mass is 16.5. The van der Waals surface area contributed by atoms with Crippen LogP contribution >= 0.6 is 0 Å². The summed E-state index contributed by atoms with van der Waals surface area (Å²) >= 11 is 0. The van der Waals surface area contributed by atoms with Gasteiger partial charge in [-0.05, 0) is 6.92 Å². The third-order valence-electron chi connectivity index (χ3n) is 1.85. The topological polar surface area (TPSA) is 49.0 Å². The molecule has 0 atom stereocenters. The molecule has 98 valence electrons. The Hall–Kier alpha value is -0.200. The van der Waals surface area contributed by atoms with Crippen LogP contribution in [0.1, 0.15) is 6.92 Å². The molecule has 0 aromatic heterocycles. The molecule has 0 aromatic carbocycles. The number of nitrogens with one attached hydrogen (secondary N) is 1. The number of hydrogen-bond acceptors (Lipinski definition) is 5. The molecule has 0 aliphatic carbocycles. The molecule has 0 rings (SSSR count). The van der Waals surface area contributed by atoms with Gasteiger partial charge in [-0.2, -0.15) is 0 Å². The second-order valence-electron chi connectivity index (χ2n) is 3.16. The second kappa shape index (κ2) is 14.8. The van der Waals surface area contributed by atoms with Crippen LogP contribution in [0, 0.1) is 0 Å². The van der Waals surface area contributed by atoms with Crippen LogP contribution in [0.4, 0.5) is 0 Å². The van der Waals surface area contributed by atoms with Crippen molar-refractivity contribution < 1.29 is 18.9 Å². The molecule has 0 heterocycles. The quantitative estimate of drug-likeness (QED) is 0.465. The van der Waals surface area contributed by atoms with Crippen LogP contribution in [0.5, 0.6) is 0 Å². The van der Waals surface area contributed by atoms with E-state index in [1.54, 1.807) is 7.11 Å². The third kappa shape index (κ3) is 13.8. The van der Waals surface area contributed by atoms with Gasteiger partial charge < -0.3 is 24.3 Å². The van der Waals surface area contributed by atoms with Crippen LogP contribution in [0.15, 0.2) is 0 Å². The standard InChI is InChI=1S/C11H25NO4/c1-3-14-6-4-12-5-7-15-10-11-16-9-8-13-2/h12H,3-11H2,1-2H3. The predicted molar refractivity (Wildman–Crippen MR) is 62.9 cm³/mol. The van der Waals surface area contributed by atoms with Gasteiger partial charge in [-0.3, -0.25) is 0 Å². The summed E-state index contributed by atoms with van der Waals surface area (Å²) in [4.78, 5) is 0. The summed E-state index contributed by atoms with van der Waals surface area (Å²) in [5, 5.41) is 3.22. The lowest BCUT2D eigenvalue weighted by molar-refractivity contribution is 0.0253. The fraction of sp³-hybridized carbons (Fsp3) is 1.00. The first-order valence-corrected chi connectivity index (χ1v) is 5.84. The van der Waals surface area contributed by atoms with Crippen molar-refractivity contribution in [1.82, 2.24) is 5.32 Å². The molecule has 5 nitrogen and oxygen atoms in total. The van der Waals surface area contributed by atoms with Crippen molar-refractivity contribution in [1.29, 1.82) is 0 Å². The van der Waals surface area contributed by atoms with Crippen LogP contribution in [-0.2, 0) is 18.9 Å². The molecule has 0 bridgehead atoms. The lowest BCUT2D eigenvalue weighted by Crippen LogP contribution is -2.24. The van der Waals surface area contributed by atoms with Gasteiger partial charge in [-0.1, -0.05) is 0 Å². The normalized spacial score (nSPS) is 10.9. The maximum Gasteiger partial charge on any atom is 0.0701 e. The van der Waals surface area contributed by atoms with E-state index < -0.39 is 0 Å². The number of methoxy groups -OCH3 is 1. The lowest BCUT2D eigenvalue weighted by atomic mass is 10.6. The van der Waals surface area contributed by atoms with E-state index in [9.17, 15) is 0 Å². The first-order valence-electron chi connectivity index (χ1n) is 5.84. The second-order valence-corrected chi connectivity index (χ2v) is 3.16. The van der Waals surface area contributed by atoms with Crippen molar-refractivity contribution in [3.63, 3.8) is 0 Å². The van der Waals surface area contributed by atoms with Crippen molar-refractivity contribution in [3.05, 3.63) is 0 Å². The minimum Gasteiger partial charge on any atom is -0.382 e. The summed E-state index contributed by atoms with van der Waals surface area (Å²) in [7, 11) is 1.66. The lowest BCUT2D eigenvalue weighted by Gasteiger charge is -2.06. The zero-order valence-electron chi connectivity index (χ0n) is 10.5. The fourth-order valence-electron chi connectivity index (χ4n) is 1.02. The molecule has 0 unspecified atom stereocenters. The van der Waals surface area contributed by atoms with Gasteiger partial charge in [0, 0.05) is 26.8 Å². The van der Waals surface area contributed by atoms with Crippen LogP contribution in [-0.4, -0.2) is 66.4 Å². The first kappa shape index (κ1) is 15.8. The smallest absolute Gasteiger partial charge is 0.0701 e. The van der Waals surface area contributed by atoms with Gasteiger partial charge in [0.05, 0.1) is 39.6 Å². The summed E-state index contributed by atoms with van der Waals surface area (Å²) < 4.78 is 20.6. The zero-order valence-corrected chi connectivity index (χ0v) is 10.5. The highest BCUT2D eigenvalue weighted by molar-refractivity contribution is 4.44. The maximum atomic E-state index is 5.35. The van der Waals surface area contributed by atoms with Crippen molar-refractivity contribution in [3.8, 4) is 0 Å². The number of rotatable bonds is 13. The van der Waals surface area contributed by atoms with Gasteiger partial charge in [0.2, 0.25) is 0 Å². The van der Waals surface area contributed by atoms with Gasteiger partial charge in [-0.15, -0.1) is 0 Å². The SMILES string of the molecule is CCOCCNCCOCCOCCOC. The molecule has 1 N–H and O–H groups in total. The van der Waals surface area contributed by atoms with Crippen molar-refractivity contribution >= 4 is 0 Å². The third-order valence-corrected chi connectivity index (χ3v) is 1.85. The molecule has 0 saturated heterocycles. The Labute approximate surface area is 98.4 Å². The largest absolute Gasteiger partial charge is 0.382 e. The Morgan fingerprint density at radius 2 is 1.31 bits per heavy atom. The van der Waals surface area contributed by atoms with Crippen LogP contribution in [0.25, 0.3) is 0 Å². The van der Waals surface area contributed by atoms with Crippen molar-refractivity contribution in [2.75, 3.05) is 66.4 Å². The summed E-state index contributed by atoms with van der Waals surface area (Å²) in [5.41, 5.74) is 0. The molecule has 0 radical (unpaired) electrons. The monoisotopic (exact) mass is 235 g/mol. The van der Waals surface area contributed by atoms with Crippen LogP contribution in [0.3, 0.4) is 0 Å². The minimum absolute atomic E-state index is 0.627. The number of ether oxygens (including phenoxy) is 4. The first-order chi connectivity index (χ1) is 7.91. The zero-order chi connectivity index (χ0) is 11.9. The molecule has 0 aromatic rings. The Morgan fingerprint density at radius 1 is 0.750 bits per heavy atom. The van der Waals surface area contributed by atoms with E-state index in [1.165, 1.54) is 0 Å². The van der Waals surface area contributed by atoms with E-state index in [1.807, 2.05) is 6.92 Å². The van der Waals surface area contributed by atoms with E-state index in [2.05, 4.69) is 5.32 Å². The Bertz CT molecular complexity index is 111. The van der Waals surface area contributed by atoms with E-state index in [0.29, 0.717) is 33.0 Å². The predicted octanol–water partition coefficient (Wildman–Crippen LogP) is 0.292. The Morgan fingerprint density at radius 3 is 1.94 bits per heavy atom. The molecule has 0 aliphatic rings. The number of hydrogen-bond donors (Lipinski definition) is 1. The summed E-state index contributed by atoms with van der Waals surface area (Å²) in [6.45, 7) is 8.50. The van der Waals surface area contributed by atoms with Gasteiger partial charge in [0.15, 0.2) is 0 Å². The molecule has 0 saturated carbocycles. The minimum atomic E-state index is 0.627. The Balaban J connectivity index is 2.83. The summed E-state index contributed by atoms with van der Waals surface area (Å²) in [5.74, 6) is 0. The van der Waals surface area contributed by atoms with Gasteiger partial charge in [0.1, 0.15) is 0 Å². The van der Waals surface area contributed by atoms with Gasteiger partial charge >= 0.3 is 0 Å². The molecule has 0 fully saturated rings. The average molecular weight is 235 g/mol. The highest BCUT2D eigenvalue weighted by Crippen LogP contribution is 1.79. The molecule has 0 aliphatic heterocycles. The average Bonchev–Trinajstić information content (AvgIpc) is 2.31. The Kier molecular flexibility index (Phi) is 14.6. The van der Waals surface area contributed by atoms with E-state index in [4.69, 9.17) is 18.9 Å². The molecule has 5 heteroatoms. The molecule has 0 amide bonds. The van der Waals surface area contributed by atoms with Crippen LogP contribution < -0.4 is 5.32 Å². The van der Waals surface area contributed by atoms with E-state index in [0.717, 1.165) is 26.3 Å². The van der Waals surface area contributed by atoms with Gasteiger partial charge in [-0.25, -0.2) is 0 Å². The summed E-state index contributed by atoms with van der Waals surface area (Å²) in [6.07, 6.45) is 0. The summed E-state index contributed by atoms with van der Waals surface area (Å²) in [6, 6.07) is 0. The van der Waals surface area contributed by atoms with E-state index in [-0.39, 0.29) is 0 Å². The highest BCUT2D eigenvalue weighted by Gasteiger charge is 1.90. The maximum absolute atomic E-state index is 5.35. The molecule has 16 heavy (non-hydrogen) atoms. The van der Waals surface area contributed by atoms with Crippen molar-refractivity contribution in [2.24, 2.45) is 0 Å². The van der Waals surface area contributed by atoms with Crippen molar-refractivity contribution in [2.45, 2.75) is 6.92 Å². The molecule has 0 spiro atoms. The molecular formula is C11H25NO4. The van der Waals surface area contributed by atoms with E-state index >= 15 is 0 Å². The molecular weight excluding hydrogens is 210 g/mol. The van der Waals surface area contributed by atoms with Crippen LogP contribution in [0.2, 0.25) is 0 Å². The van der Waals surface area contributed by atoms with Gasteiger partial charge in [0.25, 0.3) is 0 Å².